The van der Waals surface area contributed by atoms with Gasteiger partial charge < -0.3 is 10.1 Å². The molecule has 1 amide bonds. The van der Waals surface area contributed by atoms with Crippen molar-refractivity contribution in [2.45, 2.75) is 45.6 Å². The lowest BCUT2D eigenvalue weighted by atomic mass is 10.0. The zero-order valence-corrected chi connectivity index (χ0v) is 18.0. The highest BCUT2D eigenvalue weighted by molar-refractivity contribution is 7.89. The Balaban J connectivity index is 2.06. The summed E-state index contributed by atoms with van der Waals surface area (Å²) < 4.78 is 31.5. The zero-order chi connectivity index (χ0) is 21.8. The van der Waals surface area contributed by atoms with Crippen LogP contribution in [0.3, 0.4) is 0 Å². The lowest BCUT2D eigenvalue weighted by Gasteiger charge is -2.17. The van der Waals surface area contributed by atoms with Gasteiger partial charge in [0.1, 0.15) is 0 Å². The molecule has 0 aliphatic carbocycles. The van der Waals surface area contributed by atoms with Crippen molar-refractivity contribution in [1.29, 1.82) is 0 Å². The molecule has 0 aromatic heterocycles. The number of hydrogen-bond donors (Lipinski definition) is 2. The van der Waals surface area contributed by atoms with Crippen molar-refractivity contribution in [3.8, 4) is 0 Å². The van der Waals surface area contributed by atoms with E-state index in [1.165, 1.54) is 31.2 Å². The fourth-order valence-electron chi connectivity index (χ4n) is 2.93. The molecule has 156 valence electrons. The first-order chi connectivity index (χ1) is 13.5. The molecule has 0 bridgehead atoms. The van der Waals surface area contributed by atoms with Crippen LogP contribution < -0.4 is 10.0 Å². The fraction of sp³-hybridized carbons (Fsp3) is 0.333. The minimum absolute atomic E-state index is 0.0482. The van der Waals surface area contributed by atoms with Gasteiger partial charge in [-0.05, 0) is 63.1 Å². The number of carbonyl (C=O) groups excluding carboxylic acids is 2. The predicted octanol–water partition coefficient (Wildman–Crippen LogP) is 3.09. The van der Waals surface area contributed by atoms with Crippen LogP contribution in [-0.2, 0) is 19.6 Å². The number of amides is 1. The summed E-state index contributed by atoms with van der Waals surface area (Å²) in [5, 5.41) is 2.80. The average Bonchev–Trinajstić information content (AvgIpc) is 2.64. The van der Waals surface area contributed by atoms with Crippen LogP contribution in [0.4, 0.5) is 5.69 Å². The summed E-state index contributed by atoms with van der Waals surface area (Å²) in [5.41, 5.74) is 3.79. The fourth-order valence-corrected chi connectivity index (χ4v) is 3.97. The van der Waals surface area contributed by atoms with E-state index >= 15 is 0 Å². The molecule has 0 saturated heterocycles. The lowest BCUT2D eigenvalue weighted by Crippen LogP contribution is -2.30. The van der Waals surface area contributed by atoms with Crippen molar-refractivity contribution in [2.24, 2.45) is 0 Å². The molecular formula is C21H26N2O5S. The van der Waals surface area contributed by atoms with Crippen molar-refractivity contribution >= 4 is 27.6 Å². The SMILES string of the molecule is CCNS(=O)(=O)c1ccc(C(=O)O[C@@H](C)C(=O)Nc2c(C)cc(C)cc2C)cc1. The second kappa shape index (κ2) is 9.19. The Morgan fingerprint density at radius 3 is 2.10 bits per heavy atom. The summed E-state index contributed by atoms with van der Waals surface area (Å²) in [6, 6.07) is 9.26. The van der Waals surface area contributed by atoms with E-state index in [1.54, 1.807) is 6.92 Å². The molecular weight excluding hydrogens is 392 g/mol. The van der Waals surface area contributed by atoms with E-state index in [0.29, 0.717) is 5.69 Å². The topological polar surface area (TPSA) is 102 Å². The second-order valence-electron chi connectivity index (χ2n) is 6.84. The van der Waals surface area contributed by atoms with Crippen molar-refractivity contribution in [2.75, 3.05) is 11.9 Å². The summed E-state index contributed by atoms with van der Waals surface area (Å²) in [4.78, 5) is 24.8. The Kier molecular flexibility index (Phi) is 7.16. The highest BCUT2D eigenvalue weighted by atomic mass is 32.2. The van der Waals surface area contributed by atoms with Crippen molar-refractivity contribution < 1.29 is 22.7 Å². The first-order valence-corrected chi connectivity index (χ1v) is 10.7. The normalized spacial score (nSPS) is 12.3. The Morgan fingerprint density at radius 1 is 1.03 bits per heavy atom. The number of benzene rings is 2. The molecule has 0 fully saturated rings. The summed E-state index contributed by atoms with van der Waals surface area (Å²) in [7, 11) is -3.60. The maximum Gasteiger partial charge on any atom is 0.338 e. The Labute approximate surface area is 171 Å². The zero-order valence-electron chi connectivity index (χ0n) is 17.2. The third kappa shape index (κ3) is 5.65. The van der Waals surface area contributed by atoms with Gasteiger partial charge in [-0.15, -0.1) is 0 Å². The van der Waals surface area contributed by atoms with Crippen LogP contribution in [0.25, 0.3) is 0 Å². The highest BCUT2D eigenvalue weighted by Crippen LogP contribution is 2.22. The lowest BCUT2D eigenvalue weighted by molar-refractivity contribution is -0.123. The number of ether oxygens (including phenoxy) is 1. The number of anilines is 1. The van der Waals surface area contributed by atoms with Gasteiger partial charge in [0.15, 0.2) is 6.10 Å². The van der Waals surface area contributed by atoms with Gasteiger partial charge in [0, 0.05) is 12.2 Å². The molecule has 0 unspecified atom stereocenters. The molecule has 2 aromatic carbocycles. The minimum atomic E-state index is -3.60. The smallest absolute Gasteiger partial charge is 0.338 e. The van der Waals surface area contributed by atoms with E-state index < -0.39 is 28.0 Å². The summed E-state index contributed by atoms with van der Waals surface area (Å²) >= 11 is 0. The monoisotopic (exact) mass is 418 g/mol. The van der Waals surface area contributed by atoms with E-state index in [0.717, 1.165) is 16.7 Å². The van der Waals surface area contributed by atoms with Crippen LogP contribution in [0.5, 0.6) is 0 Å². The Morgan fingerprint density at radius 2 is 1.59 bits per heavy atom. The van der Waals surface area contributed by atoms with Crippen LogP contribution in [0.15, 0.2) is 41.3 Å². The van der Waals surface area contributed by atoms with Crippen LogP contribution in [0.1, 0.15) is 40.9 Å². The summed E-state index contributed by atoms with van der Waals surface area (Å²) in [6.07, 6.45) is -1.02. The maximum atomic E-state index is 12.5. The summed E-state index contributed by atoms with van der Waals surface area (Å²) in [5.74, 6) is -1.16. The largest absolute Gasteiger partial charge is 0.449 e. The van der Waals surface area contributed by atoms with Gasteiger partial charge in [0.25, 0.3) is 5.91 Å². The van der Waals surface area contributed by atoms with Crippen LogP contribution >= 0.6 is 0 Å². The second-order valence-corrected chi connectivity index (χ2v) is 8.60. The number of rotatable bonds is 7. The maximum absolute atomic E-state index is 12.5. The van der Waals surface area contributed by atoms with Crippen molar-refractivity contribution in [3.05, 3.63) is 58.7 Å². The Hall–Kier alpha value is -2.71. The first-order valence-electron chi connectivity index (χ1n) is 9.24. The quantitative estimate of drug-likeness (QED) is 0.673. The van der Waals surface area contributed by atoms with E-state index in [2.05, 4.69) is 10.0 Å². The van der Waals surface area contributed by atoms with Gasteiger partial charge in [-0.3, -0.25) is 4.79 Å². The number of nitrogens with one attached hydrogen (secondary N) is 2. The minimum Gasteiger partial charge on any atom is -0.449 e. The number of aryl methyl sites for hydroxylation is 3. The van der Waals surface area contributed by atoms with Crippen molar-refractivity contribution in [3.63, 3.8) is 0 Å². The van der Waals surface area contributed by atoms with Crippen LogP contribution in [-0.4, -0.2) is 32.9 Å². The molecule has 1 atom stereocenters. The summed E-state index contributed by atoms with van der Waals surface area (Å²) in [6.45, 7) is 9.19. The molecule has 2 N–H and O–H groups in total. The highest BCUT2D eigenvalue weighted by Gasteiger charge is 2.21. The molecule has 2 aromatic rings. The van der Waals surface area contributed by atoms with Crippen LogP contribution in [0, 0.1) is 20.8 Å². The number of sulfonamides is 1. The molecule has 0 aliphatic heterocycles. The standard InChI is InChI=1S/C21H26N2O5S/c1-6-22-29(26,27)18-9-7-17(8-10-18)21(25)28-16(5)20(24)23-19-14(3)11-13(2)12-15(19)4/h7-12,16,22H,6H2,1-5H3,(H,23,24)/t16-/m0/s1. The van der Waals surface area contributed by atoms with Gasteiger partial charge in [-0.1, -0.05) is 24.6 Å². The molecule has 0 radical (unpaired) electrons. The third-order valence-corrected chi connectivity index (χ3v) is 5.87. The van der Waals surface area contributed by atoms with E-state index in [-0.39, 0.29) is 17.0 Å². The van der Waals surface area contributed by atoms with Gasteiger partial charge in [0.2, 0.25) is 10.0 Å². The average molecular weight is 419 g/mol. The molecule has 0 heterocycles. The molecule has 0 spiro atoms. The molecule has 2 rings (SSSR count). The number of hydrogen-bond acceptors (Lipinski definition) is 5. The number of carbonyl (C=O) groups is 2. The molecule has 7 nitrogen and oxygen atoms in total. The van der Waals surface area contributed by atoms with E-state index in [9.17, 15) is 18.0 Å². The molecule has 8 heteroatoms. The molecule has 0 saturated carbocycles. The van der Waals surface area contributed by atoms with Gasteiger partial charge in [0.05, 0.1) is 10.5 Å². The van der Waals surface area contributed by atoms with Crippen molar-refractivity contribution in [1.82, 2.24) is 4.72 Å². The predicted molar refractivity (Wildman–Crippen MR) is 111 cm³/mol. The first kappa shape index (κ1) is 22.6. The van der Waals surface area contributed by atoms with Gasteiger partial charge >= 0.3 is 5.97 Å². The Bertz CT molecular complexity index is 991. The van der Waals surface area contributed by atoms with Crippen LogP contribution in [0.2, 0.25) is 0 Å². The van der Waals surface area contributed by atoms with E-state index in [4.69, 9.17) is 4.74 Å². The van der Waals surface area contributed by atoms with Gasteiger partial charge in [-0.2, -0.15) is 0 Å². The number of esters is 1. The van der Waals surface area contributed by atoms with E-state index in [1.807, 2.05) is 32.9 Å². The molecule has 29 heavy (non-hydrogen) atoms. The third-order valence-electron chi connectivity index (χ3n) is 4.31. The molecule has 0 aliphatic rings. The van der Waals surface area contributed by atoms with Gasteiger partial charge in [-0.25, -0.2) is 17.9 Å².